The van der Waals surface area contributed by atoms with Crippen molar-refractivity contribution < 1.29 is 9.05 Å². The van der Waals surface area contributed by atoms with Gasteiger partial charge in [0.25, 0.3) is 0 Å². The first-order valence-corrected chi connectivity index (χ1v) is 9.16. The van der Waals surface area contributed by atoms with Gasteiger partial charge in [-0.05, 0) is 6.42 Å². The highest BCUT2D eigenvalue weighted by molar-refractivity contribution is 5.79. The fourth-order valence-corrected chi connectivity index (χ4v) is 2.84. The lowest BCUT2D eigenvalue weighted by Gasteiger charge is -2.11. The molecule has 0 spiro atoms. The van der Waals surface area contributed by atoms with Crippen LogP contribution in [0.3, 0.4) is 0 Å². The molecule has 0 aliphatic heterocycles. The Labute approximate surface area is 158 Å². The van der Waals surface area contributed by atoms with Crippen LogP contribution in [0, 0.1) is 0 Å². The average molecular weight is 367 g/mol. The van der Waals surface area contributed by atoms with E-state index in [0.29, 0.717) is 19.0 Å². The normalized spacial score (nSPS) is 11.6. The molecule has 0 aliphatic carbocycles. The van der Waals surface area contributed by atoms with E-state index < -0.39 is 0 Å². The summed E-state index contributed by atoms with van der Waals surface area (Å²) in [4.78, 5) is 4.26. The van der Waals surface area contributed by atoms with Crippen LogP contribution in [0.4, 0.5) is 0 Å². The molecule has 0 amide bonds. The second kappa shape index (κ2) is 9.02. The summed E-state index contributed by atoms with van der Waals surface area (Å²) in [7, 11) is 1.74. The molecule has 0 unspecified atom stereocenters. The van der Waals surface area contributed by atoms with Crippen LogP contribution in [0.2, 0.25) is 0 Å². The Morgan fingerprint density at radius 1 is 1.00 bits per heavy atom. The molecular formula is C20H25N5O2. The highest BCUT2D eigenvalue weighted by atomic mass is 16.5. The first-order valence-electron chi connectivity index (χ1n) is 9.16. The highest BCUT2D eigenvalue weighted by Crippen LogP contribution is 2.19. The van der Waals surface area contributed by atoms with Gasteiger partial charge in [-0.3, -0.25) is 4.99 Å². The zero-order valence-corrected chi connectivity index (χ0v) is 16.0. The Bertz CT molecular complexity index is 861. The Morgan fingerprint density at radius 2 is 1.78 bits per heavy atom. The number of rotatable bonds is 7. The third-order valence-electron chi connectivity index (χ3n) is 4.32. The molecule has 7 heteroatoms. The SMILES string of the molecule is CCc1noc(CC)c1CNC(=NC)NCc1cc(-c2ccccc2)on1. The molecule has 0 atom stereocenters. The number of hydrogen-bond donors (Lipinski definition) is 2. The number of benzene rings is 1. The van der Waals surface area contributed by atoms with E-state index in [9.17, 15) is 0 Å². The predicted octanol–water partition coefficient (Wildman–Crippen LogP) is 3.32. The molecule has 2 heterocycles. The minimum atomic E-state index is 0.515. The van der Waals surface area contributed by atoms with E-state index in [1.807, 2.05) is 36.4 Å². The summed E-state index contributed by atoms with van der Waals surface area (Å²) in [5, 5.41) is 14.8. The summed E-state index contributed by atoms with van der Waals surface area (Å²) >= 11 is 0. The van der Waals surface area contributed by atoms with Gasteiger partial charge in [0, 0.05) is 37.2 Å². The fourth-order valence-electron chi connectivity index (χ4n) is 2.84. The van der Waals surface area contributed by atoms with Crippen molar-refractivity contribution in [3.8, 4) is 11.3 Å². The van der Waals surface area contributed by atoms with E-state index in [1.165, 1.54) is 0 Å². The first-order chi connectivity index (χ1) is 13.2. The predicted molar refractivity (Wildman–Crippen MR) is 104 cm³/mol. The third kappa shape index (κ3) is 4.55. The van der Waals surface area contributed by atoms with Gasteiger partial charge in [-0.25, -0.2) is 0 Å². The number of guanidine groups is 1. The van der Waals surface area contributed by atoms with E-state index in [-0.39, 0.29) is 0 Å². The number of hydrogen-bond acceptors (Lipinski definition) is 5. The van der Waals surface area contributed by atoms with Crippen LogP contribution in [-0.2, 0) is 25.9 Å². The number of nitrogens with one attached hydrogen (secondary N) is 2. The largest absolute Gasteiger partial charge is 0.361 e. The average Bonchev–Trinajstić information content (AvgIpc) is 3.35. The van der Waals surface area contributed by atoms with E-state index >= 15 is 0 Å². The monoisotopic (exact) mass is 367 g/mol. The molecule has 3 rings (SSSR count). The van der Waals surface area contributed by atoms with Crippen molar-refractivity contribution in [2.75, 3.05) is 7.05 Å². The smallest absolute Gasteiger partial charge is 0.191 e. The van der Waals surface area contributed by atoms with Gasteiger partial charge >= 0.3 is 0 Å². The first kappa shape index (κ1) is 18.7. The molecule has 3 aromatic rings. The van der Waals surface area contributed by atoms with E-state index in [2.05, 4.69) is 39.8 Å². The van der Waals surface area contributed by atoms with Gasteiger partial charge in [-0.1, -0.05) is 54.5 Å². The number of aromatic nitrogens is 2. The molecule has 0 saturated heterocycles. The number of aryl methyl sites for hydroxylation is 2. The van der Waals surface area contributed by atoms with Gasteiger partial charge < -0.3 is 19.7 Å². The molecule has 2 N–H and O–H groups in total. The molecule has 0 radical (unpaired) electrons. The molecule has 1 aromatic carbocycles. The Hall–Kier alpha value is -3.09. The van der Waals surface area contributed by atoms with E-state index in [1.54, 1.807) is 7.05 Å². The van der Waals surface area contributed by atoms with Gasteiger partial charge in [0.15, 0.2) is 11.7 Å². The fraction of sp³-hybridized carbons (Fsp3) is 0.350. The molecular weight excluding hydrogens is 342 g/mol. The quantitative estimate of drug-likeness (QED) is 0.492. The summed E-state index contributed by atoms with van der Waals surface area (Å²) in [6.07, 6.45) is 1.66. The van der Waals surface area contributed by atoms with Crippen LogP contribution in [0.1, 0.15) is 36.6 Å². The molecule has 0 fully saturated rings. The van der Waals surface area contributed by atoms with Crippen LogP contribution in [0.5, 0.6) is 0 Å². The molecule has 142 valence electrons. The zero-order valence-electron chi connectivity index (χ0n) is 16.0. The third-order valence-corrected chi connectivity index (χ3v) is 4.32. The number of aliphatic imine (C=N–C) groups is 1. The van der Waals surface area contributed by atoms with Crippen LogP contribution in [0.15, 0.2) is 50.4 Å². The number of nitrogens with zero attached hydrogens (tertiary/aromatic N) is 3. The van der Waals surface area contributed by atoms with Crippen LogP contribution >= 0.6 is 0 Å². The lowest BCUT2D eigenvalue weighted by atomic mass is 10.1. The van der Waals surface area contributed by atoms with E-state index in [0.717, 1.165) is 46.9 Å². The molecule has 0 bridgehead atoms. The maximum absolute atomic E-state index is 5.43. The van der Waals surface area contributed by atoms with Gasteiger partial charge in [-0.15, -0.1) is 0 Å². The van der Waals surface area contributed by atoms with Crippen LogP contribution in [-0.4, -0.2) is 23.3 Å². The second-order valence-corrected chi connectivity index (χ2v) is 6.07. The molecule has 2 aromatic heterocycles. The van der Waals surface area contributed by atoms with Crippen LogP contribution in [0.25, 0.3) is 11.3 Å². The topological polar surface area (TPSA) is 88.5 Å². The maximum Gasteiger partial charge on any atom is 0.191 e. The molecule has 0 saturated carbocycles. The van der Waals surface area contributed by atoms with Crippen molar-refractivity contribution in [3.63, 3.8) is 0 Å². The molecule has 27 heavy (non-hydrogen) atoms. The summed E-state index contributed by atoms with van der Waals surface area (Å²) in [6.45, 7) is 5.26. The van der Waals surface area contributed by atoms with Crippen molar-refractivity contribution in [1.82, 2.24) is 20.9 Å². The molecule has 0 aliphatic rings. The highest BCUT2D eigenvalue weighted by Gasteiger charge is 2.14. The summed E-state index contributed by atoms with van der Waals surface area (Å²) < 4.78 is 10.8. The second-order valence-electron chi connectivity index (χ2n) is 6.07. The zero-order chi connectivity index (χ0) is 19.1. The summed E-state index contributed by atoms with van der Waals surface area (Å²) in [5.74, 6) is 2.35. The minimum Gasteiger partial charge on any atom is -0.361 e. The standard InChI is InChI=1S/C20H25N5O2/c1-4-17-16(18(5-2)26-25-17)13-23-20(21-3)22-12-15-11-19(27-24-15)14-9-7-6-8-10-14/h6-11H,4-5,12-13H2,1-3H3,(H2,21,22,23). The van der Waals surface area contributed by atoms with Gasteiger partial charge in [0.2, 0.25) is 0 Å². The Kier molecular flexibility index (Phi) is 6.25. The van der Waals surface area contributed by atoms with Gasteiger partial charge in [0.1, 0.15) is 11.5 Å². The van der Waals surface area contributed by atoms with Crippen molar-refractivity contribution in [2.45, 2.75) is 39.8 Å². The van der Waals surface area contributed by atoms with Crippen molar-refractivity contribution in [3.05, 3.63) is 59.1 Å². The Morgan fingerprint density at radius 3 is 2.48 bits per heavy atom. The van der Waals surface area contributed by atoms with Crippen LogP contribution < -0.4 is 10.6 Å². The Balaban J connectivity index is 1.57. The lowest BCUT2D eigenvalue weighted by Crippen LogP contribution is -2.36. The van der Waals surface area contributed by atoms with Gasteiger partial charge in [0.05, 0.1) is 12.2 Å². The van der Waals surface area contributed by atoms with Crippen molar-refractivity contribution >= 4 is 5.96 Å². The summed E-state index contributed by atoms with van der Waals surface area (Å²) in [5.41, 5.74) is 3.91. The van der Waals surface area contributed by atoms with Gasteiger partial charge in [-0.2, -0.15) is 0 Å². The van der Waals surface area contributed by atoms with Crippen molar-refractivity contribution in [1.29, 1.82) is 0 Å². The maximum atomic E-state index is 5.43. The summed E-state index contributed by atoms with van der Waals surface area (Å²) in [6, 6.07) is 11.8. The lowest BCUT2D eigenvalue weighted by molar-refractivity contribution is 0.380. The minimum absolute atomic E-state index is 0.515. The van der Waals surface area contributed by atoms with E-state index in [4.69, 9.17) is 9.05 Å². The molecule has 7 nitrogen and oxygen atoms in total. The van der Waals surface area contributed by atoms with Crippen molar-refractivity contribution in [2.24, 2.45) is 4.99 Å².